The highest BCUT2D eigenvalue weighted by molar-refractivity contribution is 7.10. The number of thiophene rings is 1. The van der Waals surface area contributed by atoms with Crippen LogP contribution in [-0.4, -0.2) is 4.98 Å². The van der Waals surface area contributed by atoms with E-state index < -0.39 is 23.7 Å². The zero-order valence-corrected chi connectivity index (χ0v) is 16.2. The lowest BCUT2D eigenvalue weighted by atomic mass is 9.98. The zero-order valence-electron chi connectivity index (χ0n) is 15.4. The largest absolute Gasteiger partial charge is 0.277 e. The maximum absolute atomic E-state index is 13.4. The predicted octanol–water partition coefficient (Wildman–Crippen LogP) is 6.51. The summed E-state index contributed by atoms with van der Waals surface area (Å²) in [6.07, 6.45) is 2.36. The summed E-state index contributed by atoms with van der Waals surface area (Å²) in [4.78, 5) is 4.54. The molecule has 0 aliphatic heterocycles. The number of nitrogens with zero attached hydrogens (tertiary/aromatic N) is 2. The fourth-order valence-electron chi connectivity index (χ4n) is 1.97. The first-order valence-corrected chi connectivity index (χ1v) is 8.97. The molecule has 26 heavy (non-hydrogen) atoms. The van der Waals surface area contributed by atoms with E-state index >= 15 is 0 Å². The SMILES string of the molecule is CC(C)C(F)(F)c1cncc(C#N)c1.Cc1cc(C(F)(F)C(C)C)cs1. The first kappa shape index (κ1) is 22.1. The van der Waals surface area contributed by atoms with Crippen LogP contribution < -0.4 is 0 Å². The second-order valence-electron chi connectivity index (χ2n) is 6.58. The van der Waals surface area contributed by atoms with Crippen LogP contribution in [0, 0.1) is 30.1 Å². The molecule has 0 bridgehead atoms. The number of hydrogen-bond acceptors (Lipinski definition) is 3. The van der Waals surface area contributed by atoms with Gasteiger partial charge in [0.25, 0.3) is 11.8 Å². The van der Waals surface area contributed by atoms with Crippen LogP contribution in [0.1, 0.15) is 49.3 Å². The summed E-state index contributed by atoms with van der Waals surface area (Å²) >= 11 is 1.37. The number of rotatable bonds is 4. The van der Waals surface area contributed by atoms with Crippen LogP contribution in [0.4, 0.5) is 17.6 Å². The molecular formula is C19H22F4N2S. The van der Waals surface area contributed by atoms with Crippen molar-refractivity contribution in [3.05, 3.63) is 51.5 Å². The number of pyridine rings is 1. The maximum Gasteiger partial charge on any atom is 0.277 e. The summed E-state index contributed by atoms with van der Waals surface area (Å²) < 4.78 is 53.5. The van der Waals surface area contributed by atoms with E-state index in [0.29, 0.717) is 0 Å². The summed E-state index contributed by atoms with van der Waals surface area (Å²) in [5.41, 5.74) is 0.106. The first-order valence-electron chi connectivity index (χ1n) is 8.09. The minimum Gasteiger partial charge on any atom is -0.263 e. The van der Waals surface area contributed by atoms with Gasteiger partial charge in [-0.25, -0.2) is 17.6 Å². The van der Waals surface area contributed by atoms with Gasteiger partial charge in [0.15, 0.2) is 0 Å². The van der Waals surface area contributed by atoms with Crippen molar-refractivity contribution in [1.29, 1.82) is 5.26 Å². The number of aromatic nitrogens is 1. The molecule has 0 aliphatic carbocycles. The van der Waals surface area contributed by atoms with Crippen molar-refractivity contribution in [1.82, 2.24) is 4.98 Å². The van der Waals surface area contributed by atoms with Gasteiger partial charge < -0.3 is 0 Å². The highest BCUT2D eigenvalue weighted by Gasteiger charge is 2.36. The lowest BCUT2D eigenvalue weighted by molar-refractivity contribution is -0.0518. The second kappa shape index (κ2) is 8.63. The molecule has 0 aliphatic rings. The van der Waals surface area contributed by atoms with Crippen LogP contribution in [0.3, 0.4) is 0 Å². The van der Waals surface area contributed by atoms with Gasteiger partial charge in [-0.2, -0.15) is 5.26 Å². The van der Waals surface area contributed by atoms with Crippen LogP contribution in [0.15, 0.2) is 29.9 Å². The van der Waals surface area contributed by atoms with Gasteiger partial charge in [-0.1, -0.05) is 27.7 Å². The van der Waals surface area contributed by atoms with Crippen LogP contribution in [0.25, 0.3) is 0 Å². The van der Waals surface area contributed by atoms with Gasteiger partial charge >= 0.3 is 0 Å². The summed E-state index contributed by atoms with van der Waals surface area (Å²) in [7, 11) is 0. The number of alkyl halides is 4. The van der Waals surface area contributed by atoms with Crippen molar-refractivity contribution in [3.63, 3.8) is 0 Å². The van der Waals surface area contributed by atoms with Crippen LogP contribution in [0.5, 0.6) is 0 Å². The Bertz CT molecular complexity index is 761. The van der Waals surface area contributed by atoms with Crippen molar-refractivity contribution in [3.8, 4) is 6.07 Å². The Morgan fingerprint density at radius 3 is 1.92 bits per heavy atom. The Morgan fingerprint density at radius 2 is 1.50 bits per heavy atom. The minimum absolute atomic E-state index is 0.153. The molecule has 0 fully saturated rings. The smallest absolute Gasteiger partial charge is 0.263 e. The van der Waals surface area contributed by atoms with Gasteiger partial charge in [-0.05, 0) is 19.1 Å². The lowest BCUT2D eigenvalue weighted by Gasteiger charge is -2.20. The van der Waals surface area contributed by atoms with Gasteiger partial charge in [0.05, 0.1) is 5.56 Å². The molecule has 0 radical (unpaired) electrons. The van der Waals surface area contributed by atoms with E-state index in [-0.39, 0.29) is 16.7 Å². The third kappa shape index (κ3) is 5.28. The molecule has 0 N–H and O–H groups in total. The fourth-order valence-corrected chi connectivity index (χ4v) is 2.70. The molecule has 0 aromatic carbocycles. The van der Waals surface area contributed by atoms with E-state index in [4.69, 9.17) is 5.26 Å². The van der Waals surface area contributed by atoms with Crippen LogP contribution in [-0.2, 0) is 11.8 Å². The predicted molar refractivity (Wildman–Crippen MR) is 95.5 cm³/mol. The van der Waals surface area contributed by atoms with Crippen molar-refractivity contribution in [2.45, 2.75) is 46.5 Å². The van der Waals surface area contributed by atoms with Gasteiger partial charge in [-0.3, -0.25) is 4.98 Å². The summed E-state index contributed by atoms with van der Waals surface area (Å²) in [5.74, 6) is -7.05. The normalized spacial score (nSPS) is 11.9. The molecule has 0 saturated heterocycles. The standard InChI is InChI=1S/C10H10F2N2.C9H12F2S/c1-7(2)10(11,12)9-3-8(4-13)5-14-6-9;1-6(2)9(10,11)8-4-7(3)12-5-8/h3,5-7H,1-2H3;4-6H,1-3H3. The molecule has 0 unspecified atom stereocenters. The second-order valence-corrected chi connectivity index (χ2v) is 7.69. The average molecular weight is 386 g/mol. The van der Waals surface area contributed by atoms with E-state index in [2.05, 4.69) is 4.98 Å². The summed E-state index contributed by atoms with van der Waals surface area (Å²) in [6, 6.07) is 4.52. The van der Waals surface area contributed by atoms with Crippen molar-refractivity contribution in [2.24, 2.45) is 11.8 Å². The molecule has 2 aromatic rings. The molecule has 142 valence electrons. The topological polar surface area (TPSA) is 36.7 Å². The quantitative estimate of drug-likeness (QED) is 0.562. The van der Waals surface area contributed by atoms with E-state index in [9.17, 15) is 17.6 Å². The molecule has 2 heterocycles. The van der Waals surface area contributed by atoms with E-state index in [1.807, 2.05) is 6.92 Å². The van der Waals surface area contributed by atoms with E-state index in [1.54, 1.807) is 12.1 Å². The molecule has 2 aromatic heterocycles. The number of hydrogen-bond donors (Lipinski definition) is 0. The summed E-state index contributed by atoms with van der Waals surface area (Å²) in [5, 5.41) is 10.1. The van der Waals surface area contributed by atoms with Gasteiger partial charge in [-0.15, -0.1) is 11.3 Å². The monoisotopic (exact) mass is 386 g/mol. The molecule has 0 amide bonds. The molecule has 0 atom stereocenters. The van der Waals surface area contributed by atoms with Gasteiger partial charge in [0.2, 0.25) is 0 Å². The highest BCUT2D eigenvalue weighted by Crippen LogP contribution is 2.37. The third-order valence-electron chi connectivity index (χ3n) is 3.82. The molecule has 2 nitrogen and oxygen atoms in total. The molecule has 0 spiro atoms. The zero-order chi connectivity index (χ0) is 20.1. The highest BCUT2D eigenvalue weighted by atomic mass is 32.1. The Balaban J connectivity index is 0.000000263. The Hall–Kier alpha value is -1.94. The number of nitriles is 1. The third-order valence-corrected chi connectivity index (χ3v) is 4.68. The number of halogens is 4. The fraction of sp³-hybridized carbons (Fsp3) is 0.474. The Labute approximate surface area is 155 Å². The molecule has 2 rings (SSSR count). The first-order chi connectivity index (χ1) is 11.9. The van der Waals surface area contributed by atoms with Crippen LogP contribution >= 0.6 is 11.3 Å². The van der Waals surface area contributed by atoms with Gasteiger partial charge in [0, 0.05) is 45.6 Å². The average Bonchev–Trinajstić information content (AvgIpc) is 3.02. The van der Waals surface area contributed by atoms with Crippen molar-refractivity contribution >= 4 is 11.3 Å². The lowest BCUT2D eigenvalue weighted by Crippen LogP contribution is -2.21. The number of aryl methyl sites for hydroxylation is 1. The van der Waals surface area contributed by atoms with Crippen molar-refractivity contribution in [2.75, 3.05) is 0 Å². The van der Waals surface area contributed by atoms with E-state index in [0.717, 1.165) is 11.1 Å². The molecule has 0 saturated carbocycles. The van der Waals surface area contributed by atoms with E-state index in [1.165, 1.54) is 56.7 Å². The summed E-state index contributed by atoms with van der Waals surface area (Å²) in [6.45, 7) is 7.77. The Kier molecular flexibility index (Phi) is 7.34. The molecular weight excluding hydrogens is 364 g/mol. The minimum atomic E-state index is -2.93. The van der Waals surface area contributed by atoms with Crippen LogP contribution in [0.2, 0.25) is 0 Å². The van der Waals surface area contributed by atoms with Crippen molar-refractivity contribution < 1.29 is 17.6 Å². The molecule has 7 heteroatoms. The maximum atomic E-state index is 13.4. The van der Waals surface area contributed by atoms with Gasteiger partial charge in [0.1, 0.15) is 6.07 Å². The Morgan fingerprint density at radius 1 is 0.962 bits per heavy atom.